The van der Waals surface area contributed by atoms with E-state index in [1.54, 1.807) is 0 Å². The summed E-state index contributed by atoms with van der Waals surface area (Å²) in [7, 11) is 0. The number of aromatic nitrogens is 6. The predicted octanol–water partition coefficient (Wildman–Crippen LogP) is 4.98. The lowest BCUT2D eigenvalue weighted by atomic mass is 10.1. The Balaban J connectivity index is 1.32. The summed E-state index contributed by atoms with van der Waals surface area (Å²) in [5.41, 5.74) is 8.36. The third-order valence-corrected chi connectivity index (χ3v) is 6.01. The van der Waals surface area contributed by atoms with E-state index in [0.717, 1.165) is 39.7 Å². The van der Waals surface area contributed by atoms with E-state index in [0.29, 0.717) is 12.5 Å². The Morgan fingerprint density at radius 3 is 2.66 bits per heavy atom. The van der Waals surface area contributed by atoms with Crippen LogP contribution in [0.3, 0.4) is 0 Å². The van der Waals surface area contributed by atoms with Gasteiger partial charge in [-0.05, 0) is 43.4 Å². The molecule has 0 radical (unpaired) electrons. The molecule has 0 spiro atoms. The third kappa shape index (κ3) is 3.41. The lowest BCUT2D eigenvalue weighted by Crippen LogP contribution is -2.07. The first-order valence-corrected chi connectivity index (χ1v) is 10.9. The van der Waals surface area contributed by atoms with Gasteiger partial charge in [0.15, 0.2) is 5.65 Å². The van der Waals surface area contributed by atoms with Crippen LogP contribution >= 0.6 is 0 Å². The van der Waals surface area contributed by atoms with Crippen molar-refractivity contribution in [1.82, 2.24) is 29.8 Å². The third-order valence-electron chi connectivity index (χ3n) is 6.01. The van der Waals surface area contributed by atoms with Crippen LogP contribution in [0.4, 0.5) is 5.82 Å². The lowest BCUT2D eigenvalue weighted by Gasteiger charge is -2.11. The molecule has 1 fully saturated rings. The molecular formula is C25H23N7. The fourth-order valence-corrected chi connectivity index (χ4v) is 4.05. The molecule has 0 amide bonds. The maximum absolute atomic E-state index is 4.95. The van der Waals surface area contributed by atoms with Crippen LogP contribution in [0.2, 0.25) is 0 Å². The summed E-state index contributed by atoms with van der Waals surface area (Å²) in [5.74, 6) is 1.50. The van der Waals surface area contributed by atoms with Crippen molar-refractivity contribution in [1.29, 1.82) is 0 Å². The molecular weight excluding hydrogens is 398 g/mol. The molecule has 4 aromatic heterocycles. The van der Waals surface area contributed by atoms with Gasteiger partial charge in [0.05, 0.1) is 23.8 Å². The summed E-state index contributed by atoms with van der Waals surface area (Å²) >= 11 is 0. The van der Waals surface area contributed by atoms with Crippen molar-refractivity contribution in [3.05, 3.63) is 83.9 Å². The van der Waals surface area contributed by atoms with Gasteiger partial charge >= 0.3 is 0 Å². The summed E-state index contributed by atoms with van der Waals surface area (Å²) in [5, 5.41) is 15.4. The summed E-state index contributed by atoms with van der Waals surface area (Å²) < 4.78 is 1.93. The number of H-pyrrole nitrogens is 1. The zero-order valence-electron chi connectivity index (χ0n) is 17.8. The van der Waals surface area contributed by atoms with E-state index in [9.17, 15) is 0 Å². The van der Waals surface area contributed by atoms with Crippen molar-refractivity contribution in [3.8, 4) is 22.5 Å². The molecule has 0 atom stereocenters. The molecule has 1 aromatic carbocycles. The number of aromatic amines is 1. The van der Waals surface area contributed by atoms with Gasteiger partial charge in [-0.15, -0.1) is 0 Å². The highest BCUT2D eigenvalue weighted by Crippen LogP contribution is 2.42. The smallest absolute Gasteiger partial charge is 0.161 e. The molecule has 4 heterocycles. The van der Waals surface area contributed by atoms with E-state index < -0.39 is 0 Å². The number of pyridine rings is 1. The van der Waals surface area contributed by atoms with Crippen molar-refractivity contribution < 1.29 is 0 Å². The van der Waals surface area contributed by atoms with Crippen molar-refractivity contribution in [3.63, 3.8) is 0 Å². The van der Waals surface area contributed by atoms with Crippen LogP contribution in [0.5, 0.6) is 0 Å². The topological polar surface area (TPSA) is 83.8 Å². The van der Waals surface area contributed by atoms with Gasteiger partial charge in [0.2, 0.25) is 0 Å². The van der Waals surface area contributed by atoms with Crippen LogP contribution in [0, 0.1) is 6.92 Å². The number of aryl methyl sites for hydroxylation is 1. The molecule has 6 rings (SSSR count). The molecule has 32 heavy (non-hydrogen) atoms. The van der Waals surface area contributed by atoms with Gasteiger partial charge in [0.25, 0.3) is 0 Å². The molecule has 1 saturated carbocycles. The van der Waals surface area contributed by atoms with Gasteiger partial charge in [-0.3, -0.25) is 10.1 Å². The van der Waals surface area contributed by atoms with E-state index in [4.69, 9.17) is 4.98 Å². The normalized spacial score (nSPS) is 13.5. The number of rotatable bonds is 6. The first kappa shape index (κ1) is 18.7. The first-order valence-electron chi connectivity index (χ1n) is 10.9. The quantitative estimate of drug-likeness (QED) is 0.404. The second kappa shape index (κ2) is 7.60. The van der Waals surface area contributed by atoms with E-state index in [-0.39, 0.29) is 0 Å². The zero-order valence-corrected chi connectivity index (χ0v) is 17.8. The Morgan fingerprint density at radius 1 is 1.06 bits per heavy atom. The van der Waals surface area contributed by atoms with Gasteiger partial charge in [-0.1, -0.05) is 30.3 Å². The molecule has 0 bridgehead atoms. The first-order chi connectivity index (χ1) is 15.8. The fraction of sp³-hybridized carbons (Fsp3) is 0.200. The summed E-state index contributed by atoms with van der Waals surface area (Å²) in [6.07, 6.45) is 8.05. The van der Waals surface area contributed by atoms with Crippen molar-refractivity contribution in [2.75, 3.05) is 5.32 Å². The highest BCUT2D eigenvalue weighted by Gasteiger charge is 2.28. The van der Waals surface area contributed by atoms with Crippen LogP contribution in [-0.4, -0.2) is 29.8 Å². The summed E-state index contributed by atoms with van der Waals surface area (Å²) in [4.78, 5) is 9.38. The molecule has 1 aliphatic carbocycles. The highest BCUT2D eigenvalue weighted by atomic mass is 15.3. The van der Waals surface area contributed by atoms with Gasteiger partial charge in [0.1, 0.15) is 5.82 Å². The maximum Gasteiger partial charge on any atom is 0.161 e. The van der Waals surface area contributed by atoms with E-state index in [1.165, 1.54) is 24.0 Å². The van der Waals surface area contributed by atoms with Crippen LogP contribution in [0.1, 0.15) is 35.6 Å². The van der Waals surface area contributed by atoms with Crippen molar-refractivity contribution in [2.45, 2.75) is 32.2 Å². The number of hydrogen-bond acceptors (Lipinski definition) is 5. The fourth-order valence-electron chi connectivity index (χ4n) is 4.05. The van der Waals surface area contributed by atoms with E-state index >= 15 is 0 Å². The minimum absolute atomic E-state index is 0.577. The van der Waals surface area contributed by atoms with E-state index in [2.05, 4.69) is 55.9 Å². The molecule has 7 nitrogen and oxygen atoms in total. The van der Waals surface area contributed by atoms with Gasteiger partial charge in [-0.2, -0.15) is 14.7 Å². The van der Waals surface area contributed by atoms with Crippen molar-refractivity contribution in [2.24, 2.45) is 0 Å². The highest BCUT2D eigenvalue weighted by molar-refractivity contribution is 5.69. The molecule has 2 N–H and O–H groups in total. The second-order valence-electron chi connectivity index (χ2n) is 8.31. The van der Waals surface area contributed by atoms with Crippen molar-refractivity contribution >= 4 is 11.5 Å². The molecule has 7 heteroatoms. The second-order valence-corrected chi connectivity index (χ2v) is 8.31. The Labute approximate surface area is 185 Å². The van der Waals surface area contributed by atoms with Gasteiger partial charge in [-0.25, -0.2) is 4.98 Å². The minimum Gasteiger partial charge on any atom is -0.366 e. The average Bonchev–Trinajstić information content (AvgIpc) is 3.44. The number of nitrogens with zero attached hydrogens (tertiary/aromatic N) is 5. The van der Waals surface area contributed by atoms with Crippen LogP contribution < -0.4 is 5.32 Å². The number of nitrogens with one attached hydrogen (secondary N) is 2. The molecule has 0 unspecified atom stereocenters. The standard InChI is InChI=1S/C25H23N7/c1-16-20(14-28-31-16)23-12-24(32-25(30-23)21(15-29-32)18-9-10-18)27-13-17-5-7-19(8-6-17)22-4-2-3-11-26-22/h2-8,11-12,14-15,18,27H,9-10,13H2,1H3,(H,28,31). The molecule has 5 aromatic rings. The van der Waals surface area contributed by atoms with Crippen LogP contribution in [0.15, 0.2) is 67.1 Å². The summed E-state index contributed by atoms with van der Waals surface area (Å²) in [6, 6.07) is 16.5. The molecule has 0 aliphatic heterocycles. The van der Waals surface area contributed by atoms with Gasteiger partial charge in [0, 0.05) is 41.2 Å². The van der Waals surface area contributed by atoms with E-state index in [1.807, 2.05) is 48.2 Å². The Bertz CT molecular complexity index is 1380. The number of benzene rings is 1. The minimum atomic E-state index is 0.577. The van der Waals surface area contributed by atoms with Gasteiger partial charge < -0.3 is 5.32 Å². The monoisotopic (exact) mass is 421 g/mol. The Morgan fingerprint density at radius 2 is 1.94 bits per heavy atom. The number of fused-ring (bicyclic) bond motifs is 1. The summed E-state index contributed by atoms with van der Waals surface area (Å²) in [6.45, 7) is 2.70. The average molecular weight is 422 g/mol. The molecule has 158 valence electrons. The Kier molecular flexibility index (Phi) is 4.45. The maximum atomic E-state index is 4.95. The zero-order chi connectivity index (χ0) is 21.5. The lowest BCUT2D eigenvalue weighted by molar-refractivity contribution is 0.926. The van der Waals surface area contributed by atoms with Crippen LogP contribution in [-0.2, 0) is 6.54 Å². The predicted molar refractivity (Wildman–Crippen MR) is 124 cm³/mol. The SMILES string of the molecule is Cc1[nH]ncc1-c1cc(NCc2ccc(-c3ccccn3)cc2)n2ncc(C3CC3)c2n1. The molecule has 1 aliphatic rings. The Hall–Kier alpha value is -4.00. The largest absolute Gasteiger partial charge is 0.366 e. The number of anilines is 1. The number of hydrogen-bond donors (Lipinski definition) is 2. The molecule has 0 saturated heterocycles. The van der Waals surface area contributed by atoms with Crippen LogP contribution in [0.25, 0.3) is 28.2 Å².